The summed E-state index contributed by atoms with van der Waals surface area (Å²) in [5.74, 6) is -0.943. The summed E-state index contributed by atoms with van der Waals surface area (Å²) < 4.78 is 9.90. The molecule has 2 rings (SSSR count). The van der Waals surface area contributed by atoms with Gasteiger partial charge < -0.3 is 19.8 Å². The fraction of sp³-hybridized carbons (Fsp3) is 0.588. The molecule has 0 unspecified atom stereocenters. The van der Waals surface area contributed by atoms with Crippen molar-refractivity contribution in [3.8, 4) is 0 Å². The Balaban J connectivity index is 1.71. The third-order valence-electron chi connectivity index (χ3n) is 4.25. The summed E-state index contributed by atoms with van der Waals surface area (Å²) in [5, 5.41) is 5.36. The van der Waals surface area contributed by atoms with Crippen molar-refractivity contribution >= 4 is 17.8 Å². The van der Waals surface area contributed by atoms with Crippen molar-refractivity contribution in [2.75, 3.05) is 6.61 Å². The van der Waals surface area contributed by atoms with Gasteiger partial charge in [-0.1, -0.05) is 19.8 Å². The summed E-state index contributed by atoms with van der Waals surface area (Å²) in [5.41, 5.74) is 0. The number of furan rings is 1. The van der Waals surface area contributed by atoms with Crippen LogP contribution >= 0.6 is 0 Å². The highest BCUT2D eigenvalue weighted by atomic mass is 16.5. The fourth-order valence-corrected chi connectivity index (χ4v) is 2.78. The van der Waals surface area contributed by atoms with Gasteiger partial charge in [0.05, 0.1) is 6.26 Å². The lowest BCUT2D eigenvalue weighted by Crippen LogP contribution is -2.44. The van der Waals surface area contributed by atoms with E-state index in [2.05, 4.69) is 17.6 Å². The highest BCUT2D eigenvalue weighted by molar-refractivity contribution is 5.94. The molecule has 24 heavy (non-hydrogen) atoms. The van der Waals surface area contributed by atoms with Crippen LogP contribution in [0.1, 0.15) is 50.1 Å². The van der Waals surface area contributed by atoms with E-state index in [1.165, 1.54) is 25.7 Å². The smallest absolute Gasteiger partial charge is 0.328 e. The number of ether oxygens (including phenoxy) is 1. The summed E-state index contributed by atoms with van der Waals surface area (Å²) in [7, 11) is 0. The Morgan fingerprint density at radius 3 is 2.75 bits per heavy atom. The van der Waals surface area contributed by atoms with E-state index in [4.69, 9.17) is 9.15 Å². The predicted octanol–water partition coefficient (Wildman–Crippen LogP) is 1.64. The Labute approximate surface area is 141 Å². The number of rotatable bonds is 6. The molecule has 0 radical (unpaired) electrons. The molecule has 0 spiro atoms. The van der Waals surface area contributed by atoms with Gasteiger partial charge in [-0.3, -0.25) is 9.59 Å². The SMILES string of the molecule is C[C@H](NC(=O)c1ccco1)C(=O)OCC(=O)N[C@H]1CCCC[C@H]1C. The van der Waals surface area contributed by atoms with Crippen LogP contribution in [0.2, 0.25) is 0 Å². The van der Waals surface area contributed by atoms with Crippen LogP contribution in [0.25, 0.3) is 0 Å². The van der Waals surface area contributed by atoms with Crippen LogP contribution in [0.4, 0.5) is 0 Å². The minimum absolute atomic E-state index is 0.110. The zero-order valence-electron chi connectivity index (χ0n) is 14.0. The van der Waals surface area contributed by atoms with Crippen molar-refractivity contribution in [3.05, 3.63) is 24.2 Å². The Hall–Kier alpha value is -2.31. The van der Waals surface area contributed by atoms with E-state index in [-0.39, 0.29) is 24.3 Å². The third kappa shape index (κ3) is 5.11. The van der Waals surface area contributed by atoms with Crippen LogP contribution < -0.4 is 10.6 Å². The minimum atomic E-state index is -0.871. The molecule has 1 aromatic rings. The monoisotopic (exact) mass is 336 g/mol. The molecule has 1 saturated carbocycles. The van der Waals surface area contributed by atoms with E-state index >= 15 is 0 Å². The van der Waals surface area contributed by atoms with Gasteiger partial charge in [0.25, 0.3) is 11.8 Å². The maximum absolute atomic E-state index is 11.9. The van der Waals surface area contributed by atoms with Gasteiger partial charge in [-0.05, 0) is 37.8 Å². The van der Waals surface area contributed by atoms with E-state index in [0.717, 1.165) is 19.3 Å². The van der Waals surface area contributed by atoms with Crippen molar-refractivity contribution in [2.45, 2.75) is 51.6 Å². The van der Waals surface area contributed by atoms with Crippen molar-refractivity contribution in [2.24, 2.45) is 5.92 Å². The Kier molecular flexibility index (Phi) is 6.40. The average molecular weight is 336 g/mol. The number of nitrogens with one attached hydrogen (secondary N) is 2. The Morgan fingerprint density at radius 1 is 1.33 bits per heavy atom. The predicted molar refractivity (Wildman–Crippen MR) is 86.2 cm³/mol. The maximum Gasteiger partial charge on any atom is 0.328 e. The number of amides is 2. The molecular weight excluding hydrogens is 312 g/mol. The van der Waals surface area contributed by atoms with Crippen LogP contribution in [-0.2, 0) is 14.3 Å². The molecular formula is C17H24N2O5. The number of hydrogen-bond donors (Lipinski definition) is 2. The van der Waals surface area contributed by atoms with Crippen LogP contribution in [0, 0.1) is 5.92 Å². The lowest BCUT2D eigenvalue weighted by atomic mass is 9.86. The van der Waals surface area contributed by atoms with Crippen LogP contribution in [0.15, 0.2) is 22.8 Å². The highest BCUT2D eigenvalue weighted by Crippen LogP contribution is 2.23. The van der Waals surface area contributed by atoms with Crippen molar-refractivity contribution < 1.29 is 23.5 Å². The Morgan fingerprint density at radius 2 is 2.08 bits per heavy atom. The molecule has 1 fully saturated rings. The zero-order valence-corrected chi connectivity index (χ0v) is 14.0. The summed E-state index contributed by atoms with van der Waals surface area (Å²) >= 11 is 0. The molecule has 7 nitrogen and oxygen atoms in total. The molecule has 0 saturated heterocycles. The molecule has 7 heteroatoms. The second kappa shape index (κ2) is 8.52. The normalized spacial score (nSPS) is 21.6. The van der Waals surface area contributed by atoms with Crippen LogP contribution in [0.5, 0.6) is 0 Å². The van der Waals surface area contributed by atoms with Gasteiger partial charge in [-0.25, -0.2) is 4.79 Å². The van der Waals surface area contributed by atoms with Gasteiger partial charge in [-0.15, -0.1) is 0 Å². The zero-order chi connectivity index (χ0) is 17.5. The largest absolute Gasteiger partial charge is 0.459 e. The summed E-state index contributed by atoms with van der Waals surface area (Å²) in [6, 6.07) is 2.34. The summed E-state index contributed by atoms with van der Waals surface area (Å²) in [4.78, 5) is 35.5. The lowest BCUT2D eigenvalue weighted by Gasteiger charge is -2.29. The topological polar surface area (TPSA) is 97.6 Å². The van der Waals surface area contributed by atoms with Crippen molar-refractivity contribution in [1.29, 1.82) is 0 Å². The van der Waals surface area contributed by atoms with Crippen molar-refractivity contribution in [1.82, 2.24) is 10.6 Å². The Bertz CT molecular complexity index is 570. The molecule has 0 aromatic carbocycles. The molecule has 2 amide bonds. The first-order valence-corrected chi connectivity index (χ1v) is 8.27. The van der Waals surface area contributed by atoms with E-state index < -0.39 is 17.9 Å². The van der Waals surface area contributed by atoms with Gasteiger partial charge in [0.15, 0.2) is 12.4 Å². The van der Waals surface area contributed by atoms with E-state index in [1.54, 1.807) is 6.07 Å². The van der Waals surface area contributed by atoms with E-state index in [0.29, 0.717) is 5.92 Å². The van der Waals surface area contributed by atoms with Gasteiger partial charge in [0, 0.05) is 6.04 Å². The molecule has 2 N–H and O–H groups in total. The number of hydrogen-bond acceptors (Lipinski definition) is 5. The maximum atomic E-state index is 11.9. The van der Waals surface area contributed by atoms with Gasteiger partial charge >= 0.3 is 5.97 Å². The first-order valence-electron chi connectivity index (χ1n) is 8.27. The number of carbonyl (C=O) groups excluding carboxylic acids is 3. The molecule has 0 aliphatic heterocycles. The number of esters is 1. The van der Waals surface area contributed by atoms with E-state index in [9.17, 15) is 14.4 Å². The first kappa shape index (κ1) is 18.0. The molecule has 0 bridgehead atoms. The fourth-order valence-electron chi connectivity index (χ4n) is 2.78. The first-order chi connectivity index (χ1) is 11.5. The third-order valence-corrected chi connectivity index (χ3v) is 4.25. The molecule has 1 aliphatic rings. The molecule has 1 aliphatic carbocycles. The molecule has 3 atom stereocenters. The number of carbonyl (C=O) groups is 3. The van der Waals surface area contributed by atoms with Crippen LogP contribution in [0.3, 0.4) is 0 Å². The van der Waals surface area contributed by atoms with E-state index in [1.807, 2.05) is 0 Å². The second-order valence-electron chi connectivity index (χ2n) is 6.22. The van der Waals surface area contributed by atoms with Crippen LogP contribution in [-0.4, -0.2) is 36.5 Å². The van der Waals surface area contributed by atoms with Gasteiger partial charge in [0.2, 0.25) is 0 Å². The van der Waals surface area contributed by atoms with Crippen molar-refractivity contribution in [3.63, 3.8) is 0 Å². The summed E-state index contributed by atoms with van der Waals surface area (Å²) in [6.45, 7) is 3.26. The highest BCUT2D eigenvalue weighted by Gasteiger charge is 2.24. The molecule has 1 aromatic heterocycles. The molecule has 1 heterocycles. The average Bonchev–Trinajstić information content (AvgIpc) is 3.09. The quantitative estimate of drug-likeness (QED) is 0.770. The minimum Gasteiger partial charge on any atom is -0.459 e. The second-order valence-corrected chi connectivity index (χ2v) is 6.22. The van der Waals surface area contributed by atoms with Gasteiger partial charge in [-0.2, -0.15) is 0 Å². The standard InChI is InChI=1S/C17H24N2O5/c1-11-6-3-4-7-13(11)19-15(20)10-24-17(22)12(2)18-16(21)14-8-5-9-23-14/h5,8-9,11-13H,3-4,6-7,10H2,1-2H3,(H,18,21)(H,19,20)/t11-,12+,13+/m1/s1. The molecule has 132 valence electrons. The lowest BCUT2D eigenvalue weighted by molar-refractivity contribution is -0.150. The summed E-state index contributed by atoms with van der Waals surface area (Å²) in [6.07, 6.45) is 5.71. The van der Waals surface area contributed by atoms with Gasteiger partial charge in [0.1, 0.15) is 6.04 Å².